The molecule has 0 unspecified atom stereocenters. The second-order valence-electron chi connectivity index (χ2n) is 4.56. The number of aromatic nitrogens is 3. The van der Waals surface area contributed by atoms with Gasteiger partial charge in [0.05, 0.1) is 7.11 Å². The van der Waals surface area contributed by atoms with Crippen molar-refractivity contribution < 1.29 is 4.74 Å². The number of nitrogens with zero attached hydrogens (tertiary/aromatic N) is 3. The van der Waals surface area contributed by atoms with E-state index in [0.717, 1.165) is 36.2 Å². The topological polar surface area (TPSA) is 87.2 Å². The lowest BCUT2D eigenvalue weighted by Crippen LogP contribution is -2.37. The van der Waals surface area contributed by atoms with Crippen molar-refractivity contribution in [1.29, 1.82) is 0 Å². The van der Waals surface area contributed by atoms with Crippen LogP contribution in [0.25, 0.3) is 11.4 Å². The van der Waals surface area contributed by atoms with Gasteiger partial charge in [-0.3, -0.25) is 5.10 Å². The first-order valence-electron chi connectivity index (χ1n) is 7.34. The standard InChI is InChI=1S/C15H22N6O/c1-4-16-15(17-5-2)18-10-13-19-14(21-20-13)11-6-8-12(22-3)9-7-11/h6-9H,4-5,10H2,1-3H3,(H2,16,17,18)(H,19,20,21). The minimum atomic E-state index is 0.443. The van der Waals surface area contributed by atoms with Crippen LogP contribution in [-0.4, -0.2) is 41.3 Å². The fraction of sp³-hybridized carbons (Fsp3) is 0.400. The van der Waals surface area contributed by atoms with E-state index in [1.807, 2.05) is 38.1 Å². The molecule has 0 spiro atoms. The molecule has 0 aliphatic heterocycles. The zero-order valence-electron chi connectivity index (χ0n) is 13.2. The highest BCUT2D eigenvalue weighted by molar-refractivity contribution is 5.79. The summed E-state index contributed by atoms with van der Waals surface area (Å²) in [6.07, 6.45) is 0. The van der Waals surface area contributed by atoms with Crippen LogP contribution in [-0.2, 0) is 6.54 Å². The number of hydrogen-bond acceptors (Lipinski definition) is 4. The number of hydrogen-bond donors (Lipinski definition) is 3. The van der Waals surface area contributed by atoms with E-state index in [1.165, 1.54) is 0 Å². The number of aromatic amines is 1. The maximum atomic E-state index is 5.14. The number of guanidine groups is 1. The summed E-state index contributed by atoms with van der Waals surface area (Å²) in [6, 6.07) is 7.63. The van der Waals surface area contributed by atoms with Crippen molar-refractivity contribution in [3.63, 3.8) is 0 Å². The molecular formula is C15H22N6O. The lowest BCUT2D eigenvalue weighted by Gasteiger charge is -2.08. The highest BCUT2D eigenvalue weighted by atomic mass is 16.5. The number of ether oxygens (including phenoxy) is 1. The molecule has 7 nitrogen and oxygen atoms in total. The van der Waals surface area contributed by atoms with Gasteiger partial charge in [0.1, 0.15) is 18.1 Å². The molecule has 22 heavy (non-hydrogen) atoms. The first-order valence-corrected chi connectivity index (χ1v) is 7.34. The van der Waals surface area contributed by atoms with E-state index >= 15 is 0 Å². The molecule has 0 atom stereocenters. The monoisotopic (exact) mass is 302 g/mol. The van der Waals surface area contributed by atoms with Crippen LogP contribution in [0, 0.1) is 0 Å². The van der Waals surface area contributed by atoms with Crippen LogP contribution in [0.2, 0.25) is 0 Å². The van der Waals surface area contributed by atoms with Gasteiger partial charge in [0.2, 0.25) is 0 Å². The second kappa shape index (κ2) is 8.02. The van der Waals surface area contributed by atoms with Crippen LogP contribution < -0.4 is 15.4 Å². The minimum Gasteiger partial charge on any atom is -0.497 e. The molecule has 0 aliphatic rings. The first-order chi connectivity index (χ1) is 10.8. The fourth-order valence-corrected chi connectivity index (χ4v) is 1.90. The zero-order valence-corrected chi connectivity index (χ0v) is 13.2. The highest BCUT2D eigenvalue weighted by Gasteiger charge is 2.06. The van der Waals surface area contributed by atoms with Crippen LogP contribution in [0.15, 0.2) is 29.3 Å². The third-order valence-electron chi connectivity index (χ3n) is 2.96. The molecular weight excluding hydrogens is 280 g/mol. The Kier molecular flexibility index (Phi) is 5.76. The van der Waals surface area contributed by atoms with E-state index in [0.29, 0.717) is 12.4 Å². The predicted octanol–water partition coefficient (Wildman–Crippen LogP) is 1.56. The Morgan fingerprint density at radius 3 is 2.45 bits per heavy atom. The summed E-state index contributed by atoms with van der Waals surface area (Å²) in [6.45, 7) is 6.14. The van der Waals surface area contributed by atoms with Gasteiger partial charge in [0, 0.05) is 18.7 Å². The third-order valence-corrected chi connectivity index (χ3v) is 2.96. The van der Waals surface area contributed by atoms with Crippen LogP contribution in [0.4, 0.5) is 0 Å². The Bertz CT molecular complexity index is 597. The van der Waals surface area contributed by atoms with Crippen LogP contribution in [0.1, 0.15) is 19.7 Å². The summed E-state index contributed by atoms with van der Waals surface area (Å²) >= 11 is 0. The molecule has 2 rings (SSSR count). The number of aliphatic imine (C=N–C) groups is 1. The number of H-pyrrole nitrogens is 1. The number of rotatable bonds is 6. The van der Waals surface area contributed by atoms with Crippen molar-refractivity contribution in [3.05, 3.63) is 30.1 Å². The Hall–Kier alpha value is -2.57. The lowest BCUT2D eigenvalue weighted by molar-refractivity contribution is 0.415. The van der Waals surface area contributed by atoms with E-state index in [4.69, 9.17) is 4.74 Å². The first kappa shape index (κ1) is 15.8. The number of nitrogens with one attached hydrogen (secondary N) is 3. The van der Waals surface area contributed by atoms with E-state index in [2.05, 4.69) is 30.8 Å². The molecule has 1 aromatic carbocycles. The average Bonchev–Trinajstić information content (AvgIpc) is 3.02. The minimum absolute atomic E-state index is 0.443. The highest BCUT2D eigenvalue weighted by Crippen LogP contribution is 2.18. The van der Waals surface area contributed by atoms with E-state index in [-0.39, 0.29) is 0 Å². The summed E-state index contributed by atoms with van der Waals surface area (Å²) in [5.74, 6) is 2.96. The van der Waals surface area contributed by atoms with Crippen LogP contribution in [0.5, 0.6) is 5.75 Å². The van der Waals surface area contributed by atoms with E-state index < -0.39 is 0 Å². The maximum absolute atomic E-state index is 5.14. The molecule has 0 aliphatic carbocycles. The molecule has 2 aromatic rings. The number of methoxy groups -OCH3 is 1. The Labute approximate surface area is 130 Å². The van der Waals surface area contributed by atoms with Crippen LogP contribution >= 0.6 is 0 Å². The summed E-state index contributed by atoms with van der Waals surface area (Å²) in [4.78, 5) is 8.91. The van der Waals surface area contributed by atoms with Crippen molar-refractivity contribution in [2.75, 3.05) is 20.2 Å². The lowest BCUT2D eigenvalue weighted by atomic mass is 10.2. The van der Waals surface area contributed by atoms with Crippen molar-refractivity contribution in [2.24, 2.45) is 4.99 Å². The summed E-state index contributed by atoms with van der Waals surface area (Å²) in [5.41, 5.74) is 0.936. The molecule has 7 heteroatoms. The Balaban J connectivity index is 2.05. The molecule has 0 amide bonds. The quantitative estimate of drug-likeness (QED) is 0.557. The third kappa shape index (κ3) is 4.21. The van der Waals surface area contributed by atoms with Gasteiger partial charge in [-0.25, -0.2) is 9.98 Å². The molecule has 0 saturated carbocycles. The van der Waals surface area contributed by atoms with Crippen molar-refractivity contribution >= 4 is 5.96 Å². The van der Waals surface area contributed by atoms with Crippen LogP contribution in [0.3, 0.4) is 0 Å². The van der Waals surface area contributed by atoms with E-state index in [1.54, 1.807) is 7.11 Å². The Morgan fingerprint density at radius 1 is 1.18 bits per heavy atom. The van der Waals surface area contributed by atoms with E-state index in [9.17, 15) is 0 Å². The number of benzene rings is 1. The van der Waals surface area contributed by atoms with Gasteiger partial charge >= 0.3 is 0 Å². The molecule has 0 bridgehead atoms. The van der Waals surface area contributed by atoms with Gasteiger partial charge in [0.25, 0.3) is 0 Å². The van der Waals surface area contributed by atoms with Crippen molar-refractivity contribution in [3.8, 4) is 17.1 Å². The summed E-state index contributed by atoms with van der Waals surface area (Å²) in [7, 11) is 1.64. The van der Waals surface area contributed by atoms with Gasteiger partial charge < -0.3 is 15.4 Å². The van der Waals surface area contributed by atoms with Crippen molar-refractivity contribution in [1.82, 2.24) is 25.8 Å². The fourth-order valence-electron chi connectivity index (χ4n) is 1.90. The van der Waals surface area contributed by atoms with Gasteiger partial charge in [-0.2, -0.15) is 5.10 Å². The average molecular weight is 302 g/mol. The predicted molar refractivity (Wildman–Crippen MR) is 86.9 cm³/mol. The molecule has 0 radical (unpaired) electrons. The molecule has 0 saturated heterocycles. The van der Waals surface area contributed by atoms with Crippen molar-refractivity contribution in [2.45, 2.75) is 20.4 Å². The van der Waals surface area contributed by atoms with Gasteiger partial charge in [-0.15, -0.1) is 0 Å². The summed E-state index contributed by atoms with van der Waals surface area (Å²) < 4.78 is 5.14. The Morgan fingerprint density at radius 2 is 1.86 bits per heavy atom. The molecule has 1 aromatic heterocycles. The SMILES string of the molecule is CCNC(=NCc1nc(-c2ccc(OC)cc2)n[nH]1)NCC. The summed E-state index contributed by atoms with van der Waals surface area (Å²) in [5, 5.41) is 13.5. The second-order valence-corrected chi connectivity index (χ2v) is 4.56. The molecule has 0 fully saturated rings. The normalized spacial score (nSPS) is 10.1. The van der Waals surface area contributed by atoms with Gasteiger partial charge in [-0.05, 0) is 38.1 Å². The molecule has 1 heterocycles. The smallest absolute Gasteiger partial charge is 0.191 e. The maximum Gasteiger partial charge on any atom is 0.191 e. The molecule has 118 valence electrons. The largest absolute Gasteiger partial charge is 0.497 e. The zero-order chi connectivity index (χ0) is 15.8. The van der Waals surface area contributed by atoms with Gasteiger partial charge in [0.15, 0.2) is 11.8 Å². The molecule has 3 N–H and O–H groups in total. The van der Waals surface area contributed by atoms with Gasteiger partial charge in [-0.1, -0.05) is 0 Å².